The largest absolute Gasteiger partial charge is 0.326 e. The van der Waals surface area contributed by atoms with Crippen LogP contribution in [0.1, 0.15) is 27.4 Å². The minimum absolute atomic E-state index is 0.124. The zero-order valence-corrected chi connectivity index (χ0v) is 21.2. The molecule has 34 heavy (non-hydrogen) atoms. The number of nitrogens with one attached hydrogen (secondary N) is 2. The van der Waals surface area contributed by atoms with Gasteiger partial charge in [0.15, 0.2) is 0 Å². The first kappa shape index (κ1) is 25.1. The van der Waals surface area contributed by atoms with E-state index in [2.05, 4.69) is 10.6 Å². The molecule has 10 heteroatoms. The van der Waals surface area contributed by atoms with Crippen LogP contribution < -0.4 is 10.6 Å². The molecule has 1 aliphatic rings. The summed E-state index contributed by atoms with van der Waals surface area (Å²) in [6.45, 7) is 1.75. The van der Waals surface area contributed by atoms with Gasteiger partial charge in [0, 0.05) is 21.7 Å². The molecule has 2 amide bonds. The van der Waals surface area contributed by atoms with Gasteiger partial charge in [0.1, 0.15) is 10.2 Å². The van der Waals surface area contributed by atoms with Crippen LogP contribution in [0.2, 0.25) is 15.1 Å². The van der Waals surface area contributed by atoms with Crippen molar-refractivity contribution in [2.24, 2.45) is 5.92 Å². The predicted molar refractivity (Wildman–Crippen MR) is 136 cm³/mol. The number of amides is 2. The second-order valence-electron chi connectivity index (χ2n) is 7.95. The first-order valence-electron chi connectivity index (χ1n) is 9.99. The van der Waals surface area contributed by atoms with Crippen molar-refractivity contribution in [1.82, 2.24) is 0 Å². The first-order valence-corrected chi connectivity index (χ1v) is 11.9. The lowest BCUT2D eigenvalue weighted by Gasteiger charge is -2.12. The molecule has 0 radical (unpaired) electrons. The summed E-state index contributed by atoms with van der Waals surface area (Å²) in [4.78, 5) is 25.5. The topological polar surface area (TPSA) is 58.2 Å². The van der Waals surface area contributed by atoms with Crippen LogP contribution in [0.25, 0.3) is 0 Å². The molecule has 1 saturated carbocycles. The Morgan fingerprint density at radius 1 is 0.912 bits per heavy atom. The molecular weight excluding hydrogens is 545 g/mol. The normalized spacial score (nSPS) is 18.3. The van der Waals surface area contributed by atoms with Gasteiger partial charge in [0.2, 0.25) is 5.91 Å². The third kappa shape index (κ3) is 5.14. The molecule has 2 unspecified atom stereocenters. The van der Waals surface area contributed by atoms with Gasteiger partial charge < -0.3 is 10.6 Å². The summed E-state index contributed by atoms with van der Waals surface area (Å²) < 4.78 is 12.7. The van der Waals surface area contributed by atoms with Crippen LogP contribution in [0.15, 0.2) is 54.6 Å². The lowest BCUT2D eigenvalue weighted by molar-refractivity contribution is -0.117. The average Bonchev–Trinajstić information content (AvgIpc) is 3.33. The smallest absolute Gasteiger partial charge is 0.258 e. The highest BCUT2D eigenvalue weighted by molar-refractivity contribution is 6.53. The number of halogens is 6. The maximum Gasteiger partial charge on any atom is 0.258 e. The standard InChI is InChI=1S/C24H16Cl5FN2O2/c1-11-2-5-18(30)16(6-11)22(33)32-19-10-15(3-4-17(19)27)31-23(34)21-20(24(21,28)29)12-7-13(25)9-14(26)8-12/h2-10,20-21H,1H3,(H,31,34)(H,32,33). The molecule has 3 aromatic carbocycles. The van der Waals surface area contributed by atoms with Gasteiger partial charge in [-0.1, -0.05) is 46.4 Å². The summed E-state index contributed by atoms with van der Waals surface area (Å²) in [6, 6.07) is 13.6. The fourth-order valence-electron chi connectivity index (χ4n) is 3.74. The van der Waals surface area contributed by atoms with E-state index >= 15 is 0 Å². The second-order valence-corrected chi connectivity index (χ2v) is 10.7. The fraction of sp³-hybridized carbons (Fsp3) is 0.167. The lowest BCUT2D eigenvalue weighted by atomic mass is 10.1. The van der Waals surface area contributed by atoms with Crippen LogP contribution in [0.3, 0.4) is 0 Å². The molecule has 0 spiro atoms. The van der Waals surface area contributed by atoms with Crippen molar-refractivity contribution in [3.05, 3.63) is 92.2 Å². The number of benzene rings is 3. The maximum atomic E-state index is 14.1. The van der Waals surface area contributed by atoms with E-state index in [1.165, 1.54) is 24.3 Å². The van der Waals surface area contributed by atoms with Crippen LogP contribution in [0, 0.1) is 18.7 Å². The summed E-state index contributed by atoms with van der Waals surface area (Å²) in [5.41, 5.74) is 1.78. The van der Waals surface area contributed by atoms with Gasteiger partial charge in [0.25, 0.3) is 5.91 Å². The molecule has 1 fully saturated rings. The van der Waals surface area contributed by atoms with Crippen molar-refractivity contribution in [2.45, 2.75) is 17.2 Å². The second kappa shape index (κ2) is 9.56. The van der Waals surface area contributed by atoms with E-state index in [1.54, 1.807) is 37.3 Å². The third-order valence-corrected chi connectivity index (χ3v) is 7.13. The number of alkyl halides is 2. The van der Waals surface area contributed by atoms with Gasteiger partial charge in [-0.2, -0.15) is 0 Å². The SMILES string of the molecule is Cc1ccc(F)c(C(=O)Nc2cc(NC(=O)C3C(c4cc(Cl)cc(Cl)c4)C3(Cl)Cl)ccc2Cl)c1. The Kier molecular flexibility index (Phi) is 7.05. The van der Waals surface area contributed by atoms with Crippen LogP contribution in [0.5, 0.6) is 0 Å². The Morgan fingerprint density at radius 2 is 1.59 bits per heavy atom. The Balaban J connectivity index is 1.51. The van der Waals surface area contributed by atoms with Gasteiger partial charge in [-0.3, -0.25) is 9.59 Å². The minimum Gasteiger partial charge on any atom is -0.326 e. The third-order valence-electron chi connectivity index (χ3n) is 5.43. The first-order chi connectivity index (χ1) is 16.0. The van der Waals surface area contributed by atoms with E-state index in [0.717, 1.165) is 5.56 Å². The average molecular weight is 561 g/mol. The molecule has 4 nitrogen and oxygen atoms in total. The van der Waals surface area contributed by atoms with Gasteiger partial charge in [-0.05, 0) is 61.0 Å². The lowest BCUT2D eigenvalue weighted by Crippen LogP contribution is -2.18. The number of hydrogen-bond acceptors (Lipinski definition) is 2. The molecule has 3 aromatic rings. The number of hydrogen-bond donors (Lipinski definition) is 2. The Hall–Kier alpha value is -2.02. The van der Waals surface area contributed by atoms with Gasteiger partial charge in [0.05, 0.1) is 22.2 Å². The van der Waals surface area contributed by atoms with Crippen LogP contribution in [-0.4, -0.2) is 16.1 Å². The number of anilines is 2. The van der Waals surface area contributed by atoms with Gasteiger partial charge in [-0.15, -0.1) is 23.2 Å². The van der Waals surface area contributed by atoms with E-state index < -0.39 is 33.8 Å². The Bertz CT molecular complexity index is 1290. The molecule has 0 aromatic heterocycles. The van der Waals surface area contributed by atoms with Crippen LogP contribution in [-0.2, 0) is 4.79 Å². The highest BCUT2D eigenvalue weighted by Crippen LogP contribution is 2.65. The summed E-state index contributed by atoms with van der Waals surface area (Å²) in [6.07, 6.45) is 0. The van der Waals surface area contributed by atoms with E-state index in [9.17, 15) is 14.0 Å². The van der Waals surface area contributed by atoms with E-state index in [0.29, 0.717) is 21.3 Å². The Morgan fingerprint density at radius 3 is 2.26 bits per heavy atom. The van der Waals surface area contributed by atoms with Crippen molar-refractivity contribution in [1.29, 1.82) is 0 Å². The van der Waals surface area contributed by atoms with Crippen molar-refractivity contribution < 1.29 is 14.0 Å². The number of aryl methyl sites for hydroxylation is 1. The van der Waals surface area contributed by atoms with Crippen LogP contribution >= 0.6 is 58.0 Å². The van der Waals surface area contributed by atoms with Crippen molar-refractivity contribution >= 4 is 81.2 Å². The molecule has 0 bridgehead atoms. The highest BCUT2D eigenvalue weighted by Gasteiger charge is 2.67. The Labute approximate surface area is 220 Å². The van der Waals surface area contributed by atoms with E-state index in [1.807, 2.05) is 0 Å². The number of carbonyl (C=O) groups excluding carboxylic acids is 2. The summed E-state index contributed by atoms with van der Waals surface area (Å²) in [5.74, 6) is -3.05. The highest BCUT2D eigenvalue weighted by atomic mass is 35.5. The molecular formula is C24H16Cl5FN2O2. The quantitative estimate of drug-likeness (QED) is 0.312. The molecule has 2 atom stereocenters. The summed E-state index contributed by atoms with van der Waals surface area (Å²) in [5, 5.41) is 6.32. The molecule has 1 aliphatic carbocycles. The van der Waals surface area contributed by atoms with Crippen molar-refractivity contribution in [2.75, 3.05) is 10.6 Å². The van der Waals surface area contributed by atoms with Gasteiger partial charge >= 0.3 is 0 Å². The predicted octanol–water partition coefficient (Wildman–Crippen LogP) is 7.87. The summed E-state index contributed by atoms with van der Waals surface area (Å²) in [7, 11) is 0. The molecule has 176 valence electrons. The summed E-state index contributed by atoms with van der Waals surface area (Å²) >= 11 is 31.1. The monoisotopic (exact) mass is 558 g/mol. The maximum absolute atomic E-state index is 14.1. The van der Waals surface area contributed by atoms with E-state index in [4.69, 9.17) is 58.0 Å². The number of rotatable bonds is 5. The van der Waals surface area contributed by atoms with Crippen LogP contribution in [0.4, 0.5) is 15.8 Å². The van der Waals surface area contributed by atoms with Gasteiger partial charge in [-0.25, -0.2) is 4.39 Å². The number of carbonyl (C=O) groups is 2. The van der Waals surface area contributed by atoms with Crippen molar-refractivity contribution in [3.8, 4) is 0 Å². The molecule has 0 heterocycles. The molecule has 2 N–H and O–H groups in total. The molecule has 0 saturated heterocycles. The van der Waals surface area contributed by atoms with E-state index in [-0.39, 0.29) is 16.3 Å². The molecule has 0 aliphatic heterocycles. The zero-order chi connectivity index (χ0) is 24.8. The molecule has 4 rings (SSSR count). The minimum atomic E-state index is -1.34. The zero-order valence-electron chi connectivity index (χ0n) is 17.4. The fourth-order valence-corrected chi connectivity index (χ4v) is 5.28. The van der Waals surface area contributed by atoms with Crippen molar-refractivity contribution in [3.63, 3.8) is 0 Å².